The number of rotatable bonds is 3. The molecular weight excluding hydrogens is 310 g/mol. The fourth-order valence-electron chi connectivity index (χ4n) is 2.76. The van der Waals surface area contributed by atoms with Gasteiger partial charge in [0.15, 0.2) is 0 Å². The van der Waals surface area contributed by atoms with Crippen molar-refractivity contribution < 1.29 is 0 Å². The number of nitrogens with one attached hydrogen (secondary N) is 2. The first-order chi connectivity index (χ1) is 11.2. The second kappa shape index (κ2) is 5.56. The molecule has 0 spiro atoms. The van der Waals surface area contributed by atoms with E-state index in [1.807, 2.05) is 36.5 Å². The van der Waals surface area contributed by atoms with Gasteiger partial charge in [-0.1, -0.05) is 17.7 Å². The second-order valence-corrected chi connectivity index (χ2v) is 6.00. The molecule has 0 aliphatic carbocycles. The quantitative estimate of drug-likeness (QED) is 0.764. The second-order valence-electron chi connectivity index (χ2n) is 5.57. The van der Waals surface area contributed by atoms with Crippen molar-refractivity contribution in [1.29, 1.82) is 0 Å². The number of hydrogen-bond donors (Lipinski definition) is 2. The zero-order valence-electron chi connectivity index (χ0n) is 12.3. The molecule has 2 heterocycles. The third-order valence-electron chi connectivity index (χ3n) is 3.99. The van der Waals surface area contributed by atoms with Crippen LogP contribution in [-0.2, 0) is 13.0 Å². The minimum Gasteiger partial charge on any atom is -0.381 e. The highest BCUT2D eigenvalue weighted by Gasteiger charge is 2.08. The van der Waals surface area contributed by atoms with Crippen LogP contribution < -0.4 is 10.9 Å². The molecule has 0 saturated heterocycles. The van der Waals surface area contributed by atoms with Gasteiger partial charge in [-0.3, -0.25) is 9.79 Å². The Hall–Kier alpha value is -2.59. The van der Waals surface area contributed by atoms with Crippen molar-refractivity contribution in [3.8, 4) is 0 Å². The number of hydrogen-bond acceptors (Lipinski definition) is 3. The molecule has 0 atom stereocenters. The molecule has 114 valence electrons. The Morgan fingerprint density at radius 3 is 3.00 bits per heavy atom. The fraction of sp³-hybridized carbons (Fsp3) is 0.111. The topological polar surface area (TPSA) is 57.2 Å². The van der Waals surface area contributed by atoms with E-state index >= 15 is 0 Å². The summed E-state index contributed by atoms with van der Waals surface area (Å²) in [5.74, 6) is 0. The van der Waals surface area contributed by atoms with Crippen LogP contribution in [0.25, 0.3) is 10.9 Å². The molecule has 0 bridgehead atoms. The van der Waals surface area contributed by atoms with E-state index in [0.29, 0.717) is 17.1 Å². The lowest BCUT2D eigenvalue weighted by molar-refractivity contribution is 1.09. The van der Waals surface area contributed by atoms with E-state index in [9.17, 15) is 4.79 Å². The largest absolute Gasteiger partial charge is 0.381 e. The first-order valence-electron chi connectivity index (χ1n) is 7.40. The van der Waals surface area contributed by atoms with Gasteiger partial charge >= 0.3 is 0 Å². The van der Waals surface area contributed by atoms with Crippen molar-refractivity contribution in [3.05, 3.63) is 69.0 Å². The molecule has 0 saturated carbocycles. The molecule has 23 heavy (non-hydrogen) atoms. The van der Waals surface area contributed by atoms with Crippen molar-refractivity contribution in [2.75, 3.05) is 5.32 Å². The monoisotopic (exact) mass is 323 g/mol. The SMILES string of the molecule is O=c1[nH]c2ccc(Cl)cc2cc1CNc1ccc2c(c1)N=CC2. The molecule has 4 rings (SSSR count). The Morgan fingerprint density at radius 2 is 2.09 bits per heavy atom. The van der Waals surface area contributed by atoms with E-state index in [1.165, 1.54) is 5.56 Å². The van der Waals surface area contributed by atoms with Gasteiger partial charge in [-0.2, -0.15) is 0 Å². The van der Waals surface area contributed by atoms with Crippen LogP contribution in [0.3, 0.4) is 0 Å². The summed E-state index contributed by atoms with van der Waals surface area (Å²) in [7, 11) is 0. The summed E-state index contributed by atoms with van der Waals surface area (Å²) in [5, 5.41) is 4.86. The summed E-state index contributed by atoms with van der Waals surface area (Å²) in [6.07, 6.45) is 2.80. The number of anilines is 1. The predicted molar refractivity (Wildman–Crippen MR) is 95.2 cm³/mol. The average molecular weight is 324 g/mol. The minimum absolute atomic E-state index is 0.0912. The molecule has 3 aromatic rings. The molecule has 0 fully saturated rings. The van der Waals surface area contributed by atoms with E-state index in [0.717, 1.165) is 28.7 Å². The van der Waals surface area contributed by atoms with Gasteiger partial charge in [0.25, 0.3) is 5.56 Å². The highest BCUT2D eigenvalue weighted by molar-refractivity contribution is 6.31. The summed E-state index contributed by atoms with van der Waals surface area (Å²) in [4.78, 5) is 19.4. The van der Waals surface area contributed by atoms with Crippen LogP contribution in [0.2, 0.25) is 5.02 Å². The number of fused-ring (bicyclic) bond motifs is 2. The first kappa shape index (κ1) is 14.0. The molecule has 5 heteroatoms. The molecule has 1 aromatic heterocycles. The lowest BCUT2D eigenvalue weighted by Gasteiger charge is -2.08. The zero-order chi connectivity index (χ0) is 15.8. The highest BCUT2D eigenvalue weighted by Crippen LogP contribution is 2.27. The summed E-state index contributed by atoms with van der Waals surface area (Å²) >= 11 is 6.02. The smallest absolute Gasteiger partial charge is 0.253 e. The van der Waals surface area contributed by atoms with E-state index in [4.69, 9.17) is 11.6 Å². The van der Waals surface area contributed by atoms with Gasteiger partial charge < -0.3 is 10.3 Å². The molecule has 2 N–H and O–H groups in total. The van der Waals surface area contributed by atoms with Crippen molar-refractivity contribution in [2.24, 2.45) is 4.99 Å². The number of pyridine rings is 1. The van der Waals surface area contributed by atoms with Crippen LogP contribution in [0, 0.1) is 0 Å². The number of halogens is 1. The van der Waals surface area contributed by atoms with Gasteiger partial charge in [0.2, 0.25) is 0 Å². The molecular formula is C18H14ClN3O. The maximum Gasteiger partial charge on any atom is 0.253 e. The Kier molecular flexibility index (Phi) is 3.39. The number of H-pyrrole nitrogens is 1. The number of nitrogens with zero attached hydrogens (tertiary/aromatic N) is 1. The summed E-state index contributed by atoms with van der Waals surface area (Å²) in [5.41, 5.74) is 4.54. The van der Waals surface area contributed by atoms with Crippen molar-refractivity contribution >= 4 is 40.1 Å². The number of aromatic amines is 1. The van der Waals surface area contributed by atoms with Crippen LogP contribution in [0.15, 0.2) is 52.3 Å². The fourth-order valence-corrected chi connectivity index (χ4v) is 2.94. The maximum atomic E-state index is 12.2. The number of aliphatic imine (C=N–C) groups is 1. The standard InChI is InChI=1S/C18H14ClN3O/c19-14-2-4-16-12(8-14)7-13(18(23)22-16)10-21-15-3-1-11-5-6-20-17(11)9-15/h1-4,6-9,21H,5,10H2,(H,22,23). The lowest BCUT2D eigenvalue weighted by Crippen LogP contribution is -2.15. The van der Waals surface area contributed by atoms with Crippen molar-refractivity contribution in [1.82, 2.24) is 4.98 Å². The van der Waals surface area contributed by atoms with Crippen LogP contribution in [0.1, 0.15) is 11.1 Å². The van der Waals surface area contributed by atoms with E-state index in [2.05, 4.69) is 21.4 Å². The van der Waals surface area contributed by atoms with Crippen LogP contribution in [0.5, 0.6) is 0 Å². The van der Waals surface area contributed by atoms with Gasteiger partial charge in [-0.25, -0.2) is 0 Å². The van der Waals surface area contributed by atoms with Crippen molar-refractivity contribution in [2.45, 2.75) is 13.0 Å². The Balaban J connectivity index is 1.61. The highest BCUT2D eigenvalue weighted by atomic mass is 35.5. The van der Waals surface area contributed by atoms with Gasteiger partial charge in [0.1, 0.15) is 0 Å². The number of benzene rings is 2. The molecule has 1 aliphatic heterocycles. The van der Waals surface area contributed by atoms with Crippen LogP contribution in [0.4, 0.5) is 11.4 Å². The summed E-state index contributed by atoms with van der Waals surface area (Å²) < 4.78 is 0. The summed E-state index contributed by atoms with van der Waals surface area (Å²) in [6, 6.07) is 13.4. The van der Waals surface area contributed by atoms with E-state index < -0.39 is 0 Å². The number of aromatic nitrogens is 1. The Morgan fingerprint density at radius 1 is 1.17 bits per heavy atom. The van der Waals surface area contributed by atoms with Gasteiger partial charge in [-0.15, -0.1) is 0 Å². The predicted octanol–water partition coefficient (Wildman–Crippen LogP) is 4.05. The third-order valence-corrected chi connectivity index (χ3v) is 4.23. The lowest BCUT2D eigenvalue weighted by atomic mass is 10.1. The zero-order valence-corrected chi connectivity index (χ0v) is 13.0. The average Bonchev–Trinajstić information content (AvgIpc) is 3.01. The summed E-state index contributed by atoms with van der Waals surface area (Å²) in [6.45, 7) is 0.445. The molecule has 0 radical (unpaired) electrons. The molecule has 0 unspecified atom stereocenters. The van der Waals surface area contributed by atoms with Crippen LogP contribution in [-0.4, -0.2) is 11.2 Å². The maximum absolute atomic E-state index is 12.2. The van der Waals surface area contributed by atoms with E-state index in [1.54, 1.807) is 6.07 Å². The van der Waals surface area contributed by atoms with Crippen LogP contribution >= 0.6 is 11.6 Å². The van der Waals surface area contributed by atoms with Crippen molar-refractivity contribution in [3.63, 3.8) is 0 Å². The third kappa shape index (κ3) is 2.73. The van der Waals surface area contributed by atoms with Gasteiger partial charge in [0.05, 0.1) is 5.69 Å². The van der Waals surface area contributed by atoms with Gasteiger partial charge in [0, 0.05) is 46.4 Å². The van der Waals surface area contributed by atoms with Gasteiger partial charge in [-0.05, 0) is 42.0 Å². The molecule has 0 amide bonds. The molecule has 1 aliphatic rings. The molecule has 4 nitrogen and oxygen atoms in total. The van der Waals surface area contributed by atoms with E-state index in [-0.39, 0.29) is 5.56 Å². The minimum atomic E-state index is -0.0912. The Labute approximate surface area is 137 Å². The first-order valence-corrected chi connectivity index (χ1v) is 7.78. The Bertz CT molecular complexity index is 991. The normalized spacial score (nSPS) is 12.6. The molecule has 2 aromatic carbocycles.